The fraction of sp³-hybridized carbons (Fsp3) is 0.224. The number of aryl methyl sites for hydroxylation is 6. The molecule has 0 N–H and O–H groups in total. The van der Waals surface area contributed by atoms with Crippen molar-refractivity contribution in [1.82, 2.24) is 9.80 Å². The van der Waals surface area contributed by atoms with E-state index in [1.807, 2.05) is 53.7 Å². The molecule has 0 bridgehead atoms. The lowest BCUT2D eigenvalue weighted by Gasteiger charge is -2.33. The SMILES string of the molecule is Cc1cc(C)c(N2C(=O)c3ccc(-c4ccc5c(c4)C(=O)N(c4c(C)cc(C)c(N6C(=O)c7ccc([C@@](C)(c8ccc9c(c8)C(=O)N(C)C9=O)C(F)(F)F)cc7C6=O)c4C)C5=O)cc3C2=O)c(C)c1C.Cc1cc(C)c(N2C(=O)c3ccc([C@@](C)(c4ccc5c(c4)C(=O)N(C)C5=O)C(F)(F)F)cc3C2=O)c(C)c1C. The van der Waals surface area contributed by atoms with Gasteiger partial charge < -0.3 is 0 Å². The molecule has 24 heteroatoms. The van der Waals surface area contributed by atoms with Gasteiger partial charge in [-0.05, 0) is 257 Å². The number of halogens is 6. The zero-order chi connectivity index (χ0) is 79.3. The number of amides is 12. The van der Waals surface area contributed by atoms with Crippen LogP contribution in [0.25, 0.3) is 11.1 Å². The number of fused-ring (bicyclic) bond motifs is 6. The average molecular weight is 1480 g/mol. The van der Waals surface area contributed by atoms with Crippen molar-refractivity contribution in [2.45, 2.75) is 113 Å². The van der Waals surface area contributed by atoms with Crippen LogP contribution in [0.3, 0.4) is 0 Å². The normalized spacial score (nSPS) is 16.4. The summed E-state index contributed by atoms with van der Waals surface area (Å²) in [6.07, 6.45) is -9.84. The van der Waals surface area contributed by atoms with Gasteiger partial charge in [-0.3, -0.25) is 67.3 Å². The molecule has 2 atom stereocenters. The highest BCUT2D eigenvalue weighted by Crippen LogP contribution is 2.52. The molecule has 9 aromatic carbocycles. The van der Waals surface area contributed by atoms with Crippen molar-refractivity contribution in [2.75, 3.05) is 33.7 Å². The number of hydrogen-bond acceptors (Lipinski definition) is 12. The Bertz CT molecular complexity index is 5890. The second kappa shape index (κ2) is 24.7. The first kappa shape index (κ1) is 73.3. The lowest BCUT2D eigenvalue weighted by molar-refractivity contribution is -0.173. The van der Waals surface area contributed by atoms with Gasteiger partial charge in [0, 0.05) is 14.1 Å². The van der Waals surface area contributed by atoms with Crippen molar-refractivity contribution in [3.63, 3.8) is 0 Å². The molecule has 0 aromatic heterocycles. The van der Waals surface area contributed by atoms with Gasteiger partial charge in [-0.1, -0.05) is 54.6 Å². The summed E-state index contributed by atoms with van der Waals surface area (Å²) < 4.78 is 90.4. The summed E-state index contributed by atoms with van der Waals surface area (Å²) in [6.45, 7) is 21.7. The van der Waals surface area contributed by atoms with E-state index >= 15 is 13.2 Å². The first-order chi connectivity index (χ1) is 51.0. The Morgan fingerprint density at radius 1 is 0.229 bits per heavy atom. The molecule has 0 radical (unpaired) electrons. The molecule has 550 valence electrons. The van der Waals surface area contributed by atoms with Gasteiger partial charge in [0.05, 0.1) is 89.5 Å². The maximum Gasteiger partial charge on any atom is 0.402 e. The second-order valence-corrected chi connectivity index (χ2v) is 29.0. The number of benzene rings is 9. The van der Waals surface area contributed by atoms with E-state index in [1.165, 1.54) is 61.5 Å². The average Bonchev–Trinajstić information content (AvgIpc) is 1.65. The molecule has 0 fully saturated rings. The highest BCUT2D eigenvalue weighted by atomic mass is 19.4. The highest BCUT2D eigenvalue weighted by Gasteiger charge is 2.57. The molecule has 109 heavy (non-hydrogen) atoms. The van der Waals surface area contributed by atoms with E-state index in [0.717, 1.165) is 120 Å². The smallest absolute Gasteiger partial charge is 0.277 e. The number of rotatable bonds is 9. The van der Waals surface area contributed by atoms with Crippen LogP contribution in [-0.4, -0.2) is 107 Å². The fourth-order valence-corrected chi connectivity index (χ4v) is 16.2. The molecule has 12 amide bonds. The van der Waals surface area contributed by atoms with Gasteiger partial charge in [0.25, 0.3) is 70.9 Å². The molecule has 15 rings (SSSR count). The van der Waals surface area contributed by atoms with Crippen molar-refractivity contribution in [3.8, 4) is 11.1 Å². The first-order valence-corrected chi connectivity index (χ1v) is 34.5. The Kier molecular flexibility index (Phi) is 16.6. The minimum Gasteiger partial charge on any atom is -0.277 e. The zero-order valence-electron chi connectivity index (χ0n) is 61.5. The van der Waals surface area contributed by atoms with Crippen molar-refractivity contribution >= 4 is 93.6 Å². The van der Waals surface area contributed by atoms with E-state index in [-0.39, 0.29) is 100 Å². The quantitative estimate of drug-likeness (QED) is 0.0972. The Labute approximate surface area is 620 Å². The molecular formula is C85H66F6N6O12. The molecule has 0 saturated heterocycles. The van der Waals surface area contributed by atoms with E-state index in [9.17, 15) is 70.7 Å². The first-order valence-electron chi connectivity index (χ1n) is 34.5. The number of imide groups is 6. The number of anilines is 4. The summed E-state index contributed by atoms with van der Waals surface area (Å²) in [7, 11) is 2.49. The van der Waals surface area contributed by atoms with Crippen LogP contribution >= 0.6 is 0 Å². The topological polar surface area (TPSA) is 224 Å². The van der Waals surface area contributed by atoms with E-state index in [1.54, 1.807) is 65.0 Å². The van der Waals surface area contributed by atoms with Crippen LogP contribution in [0.5, 0.6) is 0 Å². The minimum atomic E-state index is -4.99. The predicted octanol–water partition coefficient (Wildman–Crippen LogP) is 15.8. The molecule has 6 aliphatic heterocycles. The maximum atomic E-state index is 15.3. The lowest BCUT2D eigenvalue weighted by atomic mass is 9.74. The predicted molar refractivity (Wildman–Crippen MR) is 392 cm³/mol. The maximum absolute atomic E-state index is 15.3. The number of carbonyl (C=O) groups excluding carboxylic acids is 12. The number of carbonyl (C=O) groups is 12. The lowest BCUT2D eigenvalue weighted by Crippen LogP contribution is -2.41. The largest absolute Gasteiger partial charge is 0.402 e. The number of hydrogen-bond donors (Lipinski definition) is 0. The third-order valence-corrected chi connectivity index (χ3v) is 22.9. The third kappa shape index (κ3) is 10.4. The summed E-state index contributed by atoms with van der Waals surface area (Å²) in [5, 5.41) is 0. The highest BCUT2D eigenvalue weighted by molar-refractivity contribution is 6.39. The molecule has 0 aliphatic carbocycles. The van der Waals surface area contributed by atoms with Gasteiger partial charge in [0.15, 0.2) is 0 Å². The summed E-state index contributed by atoms with van der Waals surface area (Å²) in [5.41, 5.74) is 2.92. The molecule has 0 unspecified atom stereocenters. The van der Waals surface area contributed by atoms with Gasteiger partial charge >= 0.3 is 12.4 Å². The van der Waals surface area contributed by atoms with Crippen molar-refractivity contribution < 1.29 is 83.9 Å². The van der Waals surface area contributed by atoms with Crippen LogP contribution in [0, 0.1) is 76.2 Å². The monoisotopic (exact) mass is 1480 g/mol. The van der Waals surface area contributed by atoms with Gasteiger partial charge in [-0.25, -0.2) is 19.6 Å². The molecule has 6 aliphatic rings. The zero-order valence-corrected chi connectivity index (χ0v) is 61.5. The van der Waals surface area contributed by atoms with Crippen molar-refractivity contribution in [1.29, 1.82) is 0 Å². The van der Waals surface area contributed by atoms with Crippen LogP contribution in [-0.2, 0) is 10.8 Å². The van der Waals surface area contributed by atoms with E-state index < -0.39 is 99.6 Å². The summed E-state index contributed by atoms with van der Waals surface area (Å²) in [4.78, 5) is 168. The van der Waals surface area contributed by atoms with Crippen molar-refractivity contribution in [3.05, 3.63) is 278 Å². The van der Waals surface area contributed by atoms with Crippen LogP contribution < -0.4 is 19.6 Å². The second-order valence-electron chi connectivity index (χ2n) is 29.0. The van der Waals surface area contributed by atoms with Gasteiger partial charge in [0.1, 0.15) is 10.8 Å². The van der Waals surface area contributed by atoms with E-state index in [2.05, 4.69) is 0 Å². The van der Waals surface area contributed by atoms with Crippen LogP contribution in [0.4, 0.5) is 49.1 Å². The Morgan fingerprint density at radius 3 is 0.697 bits per heavy atom. The minimum absolute atomic E-state index is 0.0154. The molecule has 0 saturated carbocycles. The molecule has 18 nitrogen and oxygen atoms in total. The van der Waals surface area contributed by atoms with Crippen LogP contribution in [0.1, 0.15) is 222 Å². The molecule has 9 aromatic rings. The summed E-state index contributed by atoms with van der Waals surface area (Å²) in [5.74, 6) is -8.10. The molecule has 0 spiro atoms. The Morgan fingerprint density at radius 2 is 0.431 bits per heavy atom. The third-order valence-electron chi connectivity index (χ3n) is 22.9. The number of nitrogens with zero attached hydrogens (tertiary/aromatic N) is 6. The summed E-state index contributed by atoms with van der Waals surface area (Å²) >= 11 is 0. The van der Waals surface area contributed by atoms with Gasteiger partial charge in [0.2, 0.25) is 0 Å². The van der Waals surface area contributed by atoms with Crippen molar-refractivity contribution in [2.24, 2.45) is 0 Å². The van der Waals surface area contributed by atoms with Crippen LogP contribution in [0.15, 0.2) is 127 Å². The fourth-order valence-electron chi connectivity index (χ4n) is 16.2. The standard InChI is InChI=1S/C55H41F3N4O8.C30H25F3N2O4/c1-24-18-25(2)43(29(6)28(24)5)60-48(65)36-14-10-31(20-39(36)51(60)68)32-11-15-37-40(21-32)52(69)61(49(37)66)44-26(3)19-27(4)45(30(44)7)62-50(67)38-17-13-34(23-42(38)53(62)70)54(8,55(56,57)58)33-12-16-35-41(22-33)47(64)59(9)46(35)63;1-14-11-15(2)24(17(4)16(14)3)35-27(38)21-10-8-19(13-23(21)28(35)39)29(5,30(31,32)33)18-7-9-20-22(12-18)26(37)34(6)25(20)36/h10-23H,1-9H3;7-13H,1-6H3/t54-;29-/m11/s1. The number of alkyl halides is 6. The van der Waals surface area contributed by atoms with Gasteiger partial charge in [-0.15, -0.1) is 0 Å². The van der Waals surface area contributed by atoms with E-state index in [4.69, 9.17) is 0 Å². The van der Waals surface area contributed by atoms with E-state index in [0.29, 0.717) is 39.2 Å². The Hall–Kier alpha value is -12.6. The Balaban J connectivity index is 0.000000215. The summed E-state index contributed by atoms with van der Waals surface area (Å²) in [6, 6.07) is 28.5. The van der Waals surface area contributed by atoms with Gasteiger partial charge in [-0.2, -0.15) is 26.3 Å². The molecular weight excluding hydrogens is 1410 g/mol. The molecule has 6 heterocycles. The van der Waals surface area contributed by atoms with Crippen LogP contribution in [0.2, 0.25) is 0 Å².